The molecule has 0 bridgehead atoms. The topological polar surface area (TPSA) is 46.2 Å². The molecule has 1 fully saturated rings. The number of sulfone groups is 1. The lowest BCUT2D eigenvalue weighted by atomic mass is 9.98. The molecule has 116 valence electrons. The molecule has 0 saturated carbocycles. The second-order valence-electron chi connectivity index (χ2n) is 5.32. The van der Waals surface area contributed by atoms with Crippen molar-refractivity contribution in [2.75, 3.05) is 6.54 Å². The molecule has 3 nitrogen and oxygen atoms in total. The molecule has 2 unspecified atom stereocenters. The van der Waals surface area contributed by atoms with Gasteiger partial charge in [-0.2, -0.15) is 0 Å². The Morgan fingerprint density at radius 2 is 1.68 bits per heavy atom. The van der Waals surface area contributed by atoms with Crippen molar-refractivity contribution >= 4 is 21.4 Å². The monoisotopic (exact) mass is 339 g/mol. The predicted octanol–water partition coefficient (Wildman–Crippen LogP) is 3.36. The number of halogens is 2. The summed E-state index contributed by atoms with van der Waals surface area (Å²) >= 11 is 5.81. The molecular weight excluding hydrogens is 325 g/mol. The van der Waals surface area contributed by atoms with Crippen LogP contribution in [0.2, 0.25) is 5.02 Å². The van der Waals surface area contributed by atoms with E-state index in [4.69, 9.17) is 11.6 Å². The maximum atomic E-state index is 13.1. The van der Waals surface area contributed by atoms with Crippen molar-refractivity contribution in [3.05, 3.63) is 64.9 Å². The van der Waals surface area contributed by atoms with Gasteiger partial charge in [0.2, 0.25) is 0 Å². The average molecular weight is 340 g/mol. The van der Waals surface area contributed by atoms with Crippen LogP contribution in [0.1, 0.15) is 17.9 Å². The number of hydrogen-bond donors (Lipinski definition) is 1. The third-order valence-corrected chi connectivity index (χ3v) is 6.29. The lowest BCUT2D eigenvalue weighted by Crippen LogP contribution is -2.34. The first-order valence-electron chi connectivity index (χ1n) is 6.97. The Kier molecular flexibility index (Phi) is 4.21. The van der Waals surface area contributed by atoms with E-state index in [-0.39, 0.29) is 16.6 Å². The minimum absolute atomic E-state index is 0.193. The predicted molar refractivity (Wildman–Crippen MR) is 84.2 cm³/mol. The van der Waals surface area contributed by atoms with Crippen molar-refractivity contribution in [2.45, 2.75) is 22.6 Å². The highest BCUT2D eigenvalue weighted by Gasteiger charge is 2.38. The molecule has 3 rings (SSSR count). The highest BCUT2D eigenvalue weighted by molar-refractivity contribution is 7.92. The molecule has 1 aliphatic heterocycles. The van der Waals surface area contributed by atoms with Gasteiger partial charge in [0.1, 0.15) is 11.2 Å². The molecule has 0 amide bonds. The zero-order valence-electron chi connectivity index (χ0n) is 11.7. The summed E-state index contributed by atoms with van der Waals surface area (Å²) in [5.41, 5.74) is 0.828. The second-order valence-corrected chi connectivity index (χ2v) is 7.83. The van der Waals surface area contributed by atoms with Crippen molar-refractivity contribution < 1.29 is 12.8 Å². The lowest BCUT2D eigenvalue weighted by Gasteiger charge is -2.20. The van der Waals surface area contributed by atoms with Gasteiger partial charge in [0, 0.05) is 10.9 Å². The summed E-state index contributed by atoms with van der Waals surface area (Å²) in [5, 5.41) is 2.84. The molecule has 1 N–H and O–H groups in total. The maximum absolute atomic E-state index is 13.1. The molecular formula is C16H15ClFNO2S. The summed E-state index contributed by atoms with van der Waals surface area (Å²) in [6.07, 6.45) is 0.698. The Hall–Kier alpha value is -1.43. The number of nitrogens with one attached hydrogen (secondary N) is 1. The zero-order valence-corrected chi connectivity index (χ0v) is 13.2. The van der Waals surface area contributed by atoms with Crippen LogP contribution in [0, 0.1) is 5.82 Å². The molecule has 1 aliphatic rings. The van der Waals surface area contributed by atoms with Crippen molar-refractivity contribution in [2.24, 2.45) is 0 Å². The normalized spacial score (nSPS) is 21.9. The van der Waals surface area contributed by atoms with E-state index in [0.717, 1.165) is 5.56 Å². The number of rotatable bonds is 3. The van der Waals surface area contributed by atoms with Gasteiger partial charge in [-0.15, -0.1) is 0 Å². The van der Waals surface area contributed by atoms with Gasteiger partial charge in [-0.1, -0.05) is 23.7 Å². The first kappa shape index (κ1) is 15.5. The fourth-order valence-corrected chi connectivity index (χ4v) is 4.82. The highest BCUT2D eigenvalue weighted by atomic mass is 35.5. The molecule has 2 aromatic rings. The van der Waals surface area contributed by atoms with Gasteiger partial charge < -0.3 is 5.32 Å². The van der Waals surface area contributed by atoms with Crippen molar-refractivity contribution in [1.82, 2.24) is 5.32 Å². The van der Waals surface area contributed by atoms with Crippen molar-refractivity contribution in [3.63, 3.8) is 0 Å². The smallest absolute Gasteiger partial charge is 0.194 e. The molecule has 22 heavy (non-hydrogen) atoms. The Morgan fingerprint density at radius 3 is 2.32 bits per heavy atom. The van der Waals surface area contributed by atoms with Gasteiger partial charge in [0.15, 0.2) is 9.84 Å². The minimum atomic E-state index is -3.53. The number of benzene rings is 2. The Labute approximate surface area is 134 Å². The lowest BCUT2D eigenvalue weighted by molar-refractivity contribution is 0.558. The van der Waals surface area contributed by atoms with Crippen LogP contribution in [0.3, 0.4) is 0 Å². The third kappa shape index (κ3) is 2.89. The first-order valence-corrected chi connectivity index (χ1v) is 8.89. The molecule has 1 saturated heterocycles. The van der Waals surface area contributed by atoms with Crippen LogP contribution in [0.4, 0.5) is 4.39 Å². The summed E-state index contributed by atoms with van der Waals surface area (Å²) in [6, 6.07) is 12.2. The van der Waals surface area contributed by atoms with E-state index in [9.17, 15) is 12.8 Å². The van der Waals surface area contributed by atoms with E-state index in [1.807, 2.05) is 0 Å². The van der Waals surface area contributed by atoms with Crippen LogP contribution >= 0.6 is 11.6 Å². The molecule has 0 aliphatic carbocycles. The summed E-state index contributed by atoms with van der Waals surface area (Å²) < 4.78 is 38.7. The molecule has 2 atom stereocenters. The number of hydrogen-bond acceptors (Lipinski definition) is 3. The Bertz CT molecular complexity index is 760. The van der Waals surface area contributed by atoms with Crippen LogP contribution in [0.15, 0.2) is 53.4 Å². The van der Waals surface area contributed by atoms with Crippen LogP contribution in [-0.4, -0.2) is 20.3 Å². The van der Waals surface area contributed by atoms with Gasteiger partial charge >= 0.3 is 0 Å². The molecule has 0 radical (unpaired) electrons. The second kappa shape index (κ2) is 5.99. The van der Waals surface area contributed by atoms with Crippen LogP contribution in [0.25, 0.3) is 0 Å². The quantitative estimate of drug-likeness (QED) is 0.932. The van der Waals surface area contributed by atoms with Crippen molar-refractivity contribution in [3.8, 4) is 0 Å². The van der Waals surface area contributed by atoms with Crippen molar-refractivity contribution in [1.29, 1.82) is 0 Å². The third-order valence-electron chi connectivity index (χ3n) is 3.94. The fourth-order valence-electron chi connectivity index (χ4n) is 2.82. The first-order chi connectivity index (χ1) is 10.5. The van der Waals surface area contributed by atoms with E-state index in [1.165, 1.54) is 24.3 Å². The summed E-state index contributed by atoms with van der Waals surface area (Å²) in [5.74, 6) is -0.520. The van der Waals surface area contributed by atoms with Gasteiger partial charge in [-0.3, -0.25) is 0 Å². The average Bonchev–Trinajstić information content (AvgIpc) is 2.99. The molecule has 0 spiro atoms. The van der Waals surface area contributed by atoms with Crippen LogP contribution in [0.5, 0.6) is 0 Å². The van der Waals surface area contributed by atoms with Gasteiger partial charge in [0.05, 0.1) is 4.90 Å². The van der Waals surface area contributed by atoms with Crippen LogP contribution < -0.4 is 5.32 Å². The van der Waals surface area contributed by atoms with E-state index < -0.39 is 15.2 Å². The Morgan fingerprint density at radius 1 is 1.05 bits per heavy atom. The van der Waals surface area contributed by atoms with E-state index >= 15 is 0 Å². The maximum Gasteiger partial charge on any atom is 0.194 e. The van der Waals surface area contributed by atoms with E-state index in [0.29, 0.717) is 18.0 Å². The summed E-state index contributed by atoms with van der Waals surface area (Å²) in [4.78, 5) is 0.239. The van der Waals surface area contributed by atoms with E-state index in [1.54, 1.807) is 24.3 Å². The van der Waals surface area contributed by atoms with Crippen LogP contribution in [-0.2, 0) is 9.84 Å². The molecule has 1 heterocycles. The summed E-state index contributed by atoms with van der Waals surface area (Å²) in [7, 11) is -3.53. The molecule has 2 aromatic carbocycles. The fraction of sp³-hybridized carbons (Fsp3) is 0.250. The highest BCUT2D eigenvalue weighted by Crippen LogP contribution is 2.34. The zero-order chi connectivity index (χ0) is 15.7. The minimum Gasteiger partial charge on any atom is -0.300 e. The van der Waals surface area contributed by atoms with Gasteiger partial charge in [-0.25, -0.2) is 12.8 Å². The molecule has 6 heteroatoms. The largest absolute Gasteiger partial charge is 0.300 e. The Balaban J connectivity index is 1.95. The van der Waals surface area contributed by atoms with E-state index in [2.05, 4.69) is 5.32 Å². The van der Waals surface area contributed by atoms with Gasteiger partial charge in [-0.05, 0) is 54.9 Å². The summed E-state index contributed by atoms with van der Waals surface area (Å²) in [6.45, 7) is 0.611. The van der Waals surface area contributed by atoms with Gasteiger partial charge in [0.25, 0.3) is 0 Å². The SMILES string of the molecule is O=S(=O)(c1ccc(Cl)cc1)C1NCCC1c1ccc(F)cc1. The standard InChI is InChI=1S/C16H15ClFNO2S/c17-12-3-7-14(8-4-12)22(20,21)16-15(9-10-19-16)11-1-5-13(18)6-2-11/h1-8,15-16,19H,9-10H2. The molecule has 0 aromatic heterocycles.